The Morgan fingerprint density at radius 2 is 1.85 bits per heavy atom. The summed E-state index contributed by atoms with van der Waals surface area (Å²) in [5.74, 6) is -3.78. The van der Waals surface area contributed by atoms with Gasteiger partial charge in [0.2, 0.25) is 5.88 Å². The minimum absolute atomic E-state index is 0.356. The van der Waals surface area contributed by atoms with Gasteiger partial charge < -0.3 is 32.1 Å². The Hall–Kier alpha value is -3.03. The highest BCUT2D eigenvalue weighted by Gasteiger charge is 2.24. The number of amides is 1. The Labute approximate surface area is 193 Å². The number of carbonyl (C=O) groups excluding carboxylic acids is 1. The number of nitrogens with zero attached hydrogens (tertiary/aromatic N) is 2. The fraction of sp³-hybridized carbons (Fsp3) is 0.550. The SMILES string of the molecule is NCCCCC(N)C(=O)O.O=C(O)CNC(=O)c1c(O)nc2sc3c(n2c1=O)CCCCC3. The number of aliphatic carboxylic acids is 2. The molecule has 1 amide bonds. The molecular weight excluding hydrogens is 454 g/mol. The number of rotatable bonds is 8. The van der Waals surface area contributed by atoms with Crippen LogP contribution < -0.4 is 22.3 Å². The number of hydrogen-bond donors (Lipinski definition) is 6. The number of fused-ring (bicyclic) bond motifs is 3. The molecule has 0 aromatic carbocycles. The van der Waals surface area contributed by atoms with Crippen LogP contribution in [-0.2, 0) is 22.4 Å². The number of carboxylic acid groups (broad SMARTS) is 2. The molecule has 0 aliphatic heterocycles. The Kier molecular flexibility index (Phi) is 9.75. The molecule has 33 heavy (non-hydrogen) atoms. The van der Waals surface area contributed by atoms with Gasteiger partial charge in [-0.2, -0.15) is 4.98 Å². The Morgan fingerprint density at radius 1 is 1.15 bits per heavy atom. The van der Waals surface area contributed by atoms with E-state index in [-0.39, 0.29) is 0 Å². The van der Waals surface area contributed by atoms with Gasteiger partial charge in [0.1, 0.15) is 12.6 Å². The summed E-state index contributed by atoms with van der Waals surface area (Å²) in [6, 6.07) is -0.716. The van der Waals surface area contributed by atoms with Crippen molar-refractivity contribution in [2.75, 3.05) is 13.1 Å². The molecule has 1 atom stereocenters. The quantitative estimate of drug-likeness (QED) is 0.220. The first kappa shape index (κ1) is 26.2. The average molecular weight is 484 g/mol. The zero-order valence-corrected chi connectivity index (χ0v) is 18.9. The molecule has 0 radical (unpaired) electrons. The van der Waals surface area contributed by atoms with Crippen LogP contribution in [0.5, 0.6) is 5.88 Å². The first-order valence-electron chi connectivity index (χ1n) is 10.6. The monoisotopic (exact) mass is 483 g/mol. The maximum Gasteiger partial charge on any atom is 0.322 e. The van der Waals surface area contributed by atoms with Crippen molar-refractivity contribution in [2.45, 2.75) is 57.4 Å². The lowest BCUT2D eigenvalue weighted by atomic mass is 10.1. The molecule has 0 saturated heterocycles. The molecule has 1 aliphatic rings. The van der Waals surface area contributed by atoms with E-state index in [9.17, 15) is 24.3 Å². The van der Waals surface area contributed by atoms with Gasteiger partial charge in [-0.25, -0.2) is 0 Å². The van der Waals surface area contributed by atoms with Gasteiger partial charge in [-0.15, -0.1) is 11.3 Å². The average Bonchev–Trinajstić information content (AvgIpc) is 2.93. The van der Waals surface area contributed by atoms with E-state index in [2.05, 4.69) is 10.3 Å². The Bertz CT molecular complexity index is 1070. The highest BCUT2D eigenvalue weighted by atomic mass is 32.1. The normalized spacial score (nSPS) is 13.9. The molecule has 0 fully saturated rings. The van der Waals surface area contributed by atoms with Crippen molar-refractivity contribution in [3.8, 4) is 5.88 Å². The Balaban J connectivity index is 0.000000328. The molecule has 13 heteroatoms. The van der Waals surface area contributed by atoms with Crippen LogP contribution in [0.3, 0.4) is 0 Å². The minimum Gasteiger partial charge on any atom is -0.492 e. The van der Waals surface area contributed by atoms with Gasteiger partial charge in [-0.3, -0.25) is 23.6 Å². The molecule has 3 rings (SSSR count). The number of aromatic hydroxyl groups is 1. The van der Waals surface area contributed by atoms with Gasteiger partial charge in [-0.1, -0.05) is 12.8 Å². The third kappa shape index (κ3) is 6.97. The number of carbonyl (C=O) groups is 3. The van der Waals surface area contributed by atoms with Crippen LogP contribution in [0.2, 0.25) is 0 Å². The van der Waals surface area contributed by atoms with E-state index in [0.29, 0.717) is 17.9 Å². The minimum atomic E-state index is -1.24. The maximum atomic E-state index is 12.6. The van der Waals surface area contributed by atoms with Crippen LogP contribution >= 0.6 is 11.3 Å². The van der Waals surface area contributed by atoms with Crippen LogP contribution in [0.4, 0.5) is 0 Å². The van der Waals surface area contributed by atoms with Crippen molar-refractivity contribution < 1.29 is 29.7 Å². The van der Waals surface area contributed by atoms with Gasteiger partial charge in [0.25, 0.3) is 11.5 Å². The maximum absolute atomic E-state index is 12.6. The van der Waals surface area contributed by atoms with E-state index in [1.807, 2.05) is 0 Å². The molecule has 8 N–H and O–H groups in total. The van der Waals surface area contributed by atoms with E-state index in [1.165, 1.54) is 15.7 Å². The van der Waals surface area contributed by atoms with Crippen molar-refractivity contribution in [2.24, 2.45) is 11.5 Å². The van der Waals surface area contributed by atoms with Crippen molar-refractivity contribution in [3.05, 3.63) is 26.5 Å². The third-order valence-electron chi connectivity index (χ3n) is 5.07. The van der Waals surface area contributed by atoms with Gasteiger partial charge >= 0.3 is 11.9 Å². The number of aromatic nitrogens is 2. The largest absolute Gasteiger partial charge is 0.492 e. The van der Waals surface area contributed by atoms with Crippen LogP contribution in [0.15, 0.2) is 4.79 Å². The number of unbranched alkanes of at least 4 members (excludes halogenated alkanes) is 1. The smallest absolute Gasteiger partial charge is 0.322 e. The van der Waals surface area contributed by atoms with E-state index >= 15 is 0 Å². The topological polar surface area (TPSA) is 210 Å². The van der Waals surface area contributed by atoms with Crippen molar-refractivity contribution in [1.29, 1.82) is 0 Å². The summed E-state index contributed by atoms with van der Waals surface area (Å²) in [4.78, 5) is 50.7. The highest BCUT2D eigenvalue weighted by Crippen LogP contribution is 2.28. The summed E-state index contributed by atoms with van der Waals surface area (Å²) in [5, 5.41) is 28.9. The summed E-state index contributed by atoms with van der Waals surface area (Å²) in [6.07, 6.45) is 6.80. The molecule has 2 aromatic heterocycles. The van der Waals surface area contributed by atoms with E-state index < -0.39 is 47.4 Å². The first-order chi connectivity index (χ1) is 15.7. The third-order valence-corrected chi connectivity index (χ3v) is 6.21. The molecule has 0 saturated carbocycles. The number of hydrogen-bond acceptors (Lipinski definition) is 9. The highest BCUT2D eigenvalue weighted by molar-refractivity contribution is 7.17. The van der Waals surface area contributed by atoms with Crippen LogP contribution in [0.1, 0.15) is 59.5 Å². The summed E-state index contributed by atoms with van der Waals surface area (Å²) in [6.45, 7) is -0.0332. The molecule has 2 aromatic rings. The zero-order valence-electron chi connectivity index (χ0n) is 18.1. The standard InChI is InChI=1S/C14H15N3O5S.C6H14N2O2/c18-9(19)6-15-11(20)10-12(21)16-14-17(13(10)22)7-4-2-1-3-5-8(7)23-14;7-4-2-1-3-5(8)6(9)10/h21H,1-6H2,(H,15,20)(H,18,19);5H,1-4,7-8H2,(H,9,10). The summed E-state index contributed by atoms with van der Waals surface area (Å²) in [7, 11) is 0. The lowest BCUT2D eigenvalue weighted by Gasteiger charge is -2.06. The molecule has 12 nitrogen and oxygen atoms in total. The number of aryl methyl sites for hydroxylation is 2. The van der Waals surface area contributed by atoms with E-state index in [1.54, 1.807) is 0 Å². The first-order valence-corrected chi connectivity index (χ1v) is 11.4. The van der Waals surface area contributed by atoms with Crippen molar-refractivity contribution >= 4 is 34.1 Å². The number of carboxylic acids is 2. The predicted molar refractivity (Wildman–Crippen MR) is 121 cm³/mol. The van der Waals surface area contributed by atoms with Crippen LogP contribution in [0, 0.1) is 0 Å². The molecule has 0 bridgehead atoms. The number of nitrogens with one attached hydrogen (secondary N) is 1. The molecular formula is C20H29N5O7S. The predicted octanol–water partition coefficient (Wildman–Crippen LogP) is 0.0722. The van der Waals surface area contributed by atoms with Crippen molar-refractivity contribution in [3.63, 3.8) is 0 Å². The van der Waals surface area contributed by atoms with Gasteiger partial charge in [-0.05, 0) is 45.1 Å². The van der Waals surface area contributed by atoms with E-state index in [4.69, 9.17) is 21.7 Å². The van der Waals surface area contributed by atoms with Gasteiger partial charge in [0.15, 0.2) is 10.5 Å². The van der Waals surface area contributed by atoms with Crippen LogP contribution in [-0.4, -0.2) is 61.7 Å². The lowest BCUT2D eigenvalue weighted by molar-refractivity contribution is -0.139. The van der Waals surface area contributed by atoms with E-state index in [0.717, 1.165) is 55.5 Å². The number of nitrogens with two attached hydrogens (primary N) is 2. The van der Waals surface area contributed by atoms with Crippen molar-refractivity contribution in [1.82, 2.24) is 14.7 Å². The molecule has 1 aliphatic carbocycles. The second-order valence-electron chi connectivity index (χ2n) is 7.57. The fourth-order valence-electron chi connectivity index (χ4n) is 3.37. The molecule has 2 heterocycles. The molecule has 1 unspecified atom stereocenters. The summed E-state index contributed by atoms with van der Waals surface area (Å²) in [5.41, 5.74) is 10.1. The van der Waals surface area contributed by atoms with Gasteiger partial charge in [0.05, 0.1) is 0 Å². The summed E-state index contributed by atoms with van der Waals surface area (Å²) < 4.78 is 1.38. The zero-order chi connectivity index (χ0) is 24.5. The molecule has 182 valence electrons. The van der Waals surface area contributed by atoms with Gasteiger partial charge in [0, 0.05) is 10.6 Å². The summed E-state index contributed by atoms with van der Waals surface area (Å²) >= 11 is 1.35. The number of thiazole rings is 1. The molecule has 0 spiro atoms. The second-order valence-corrected chi connectivity index (χ2v) is 8.63. The lowest BCUT2D eigenvalue weighted by Crippen LogP contribution is -2.35. The fourth-order valence-corrected chi connectivity index (χ4v) is 4.56. The Morgan fingerprint density at radius 3 is 2.48 bits per heavy atom. The van der Waals surface area contributed by atoms with Crippen LogP contribution in [0.25, 0.3) is 4.96 Å². The second kappa shape index (κ2) is 12.3.